The zero-order chi connectivity index (χ0) is 30.7. The minimum Gasteiger partial charge on any atom is -0.460 e. The highest BCUT2D eigenvalue weighted by atomic mass is 31.0. The van der Waals surface area contributed by atoms with E-state index in [2.05, 4.69) is 77.2 Å². The topological polar surface area (TPSA) is 97.6 Å². The quantitative estimate of drug-likeness (QED) is 0.209. The van der Waals surface area contributed by atoms with Gasteiger partial charge in [0.2, 0.25) is 5.82 Å². The Balaban J connectivity index is 0.00000191. The maximum absolute atomic E-state index is 11.9. The number of hydrogen-bond donors (Lipinski definition) is 1. The number of hydrogen-bond acceptors (Lipinski definition) is 8. The monoisotopic (exact) mass is 570 g/mol. The number of ether oxygens (including phenoxy) is 1. The predicted octanol–water partition coefficient (Wildman–Crippen LogP) is 6.43. The molecule has 1 atom stereocenters. The van der Waals surface area contributed by atoms with E-state index in [1.54, 1.807) is 0 Å². The highest BCUT2D eigenvalue weighted by molar-refractivity contribution is 7.28. The summed E-state index contributed by atoms with van der Waals surface area (Å²) in [5.74, 6) is 0.769. The van der Waals surface area contributed by atoms with Gasteiger partial charge in [0, 0.05) is 42.7 Å². The molecule has 0 spiro atoms. The van der Waals surface area contributed by atoms with Crippen molar-refractivity contribution in [3.05, 3.63) is 55.1 Å². The molecule has 1 aromatic carbocycles. The van der Waals surface area contributed by atoms with Crippen LogP contribution in [0.3, 0.4) is 0 Å². The van der Waals surface area contributed by atoms with Crippen molar-refractivity contribution in [2.75, 3.05) is 25.5 Å². The first-order valence-corrected chi connectivity index (χ1v) is 14.0. The summed E-state index contributed by atoms with van der Waals surface area (Å²) < 4.78 is 11.0. The van der Waals surface area contributed by atoms with E-state index in [9.17, 15) is 4.79 Å². The van der Waals surface area contributed by atoms with Gasteiger partial charge in [-0.05, 0) is 81.4 Å². The van der Waals surface area contributed by atoms with Crippen molar-refractivity contribution >= 4 is 38.6 Å². The molecule has 40 heavy (non-hydrogen) atoms. The molecule has 0 radical (unpaired) electrons. The van der Waals surface area contributed by atoms with Crippen LogP contribution in [0.5, 0.6) is 0 Å². The molecule has 0 fully saturated rings. The summed E-state index contributed by atoms with van der Waals surface area (Å²) in [6, 6.07) is 5.88. The van der Waals surface area contributed by atoms with E-state index in [0.29, 0.717) is 24.7 Å². The van der Waals surface area contributed by atoms with E-state index in [4.69, 9.17) is 14.1 Å². The van der Waals surface area contributed by atoms with E-state index in [0.717, 1.165) is 47.9 Å². The Labute approximate surface area is 242 Å². The number of nitrogens with zero attached hydrogens (tertiary/aromatic N) is 3. The summed E-state index contributed by atoms with van der Waals surface area (Å²) in [4.78, 5) is 26.9. The van der Waals surface area contributed by atoms with Crippen LogP contribution in [0.15, 0.2) is 53.7 Å². The molecule has 1 N–H and O–H groups in total. The van der Waals surface area contributed by atoms with Gasteiger partial charge in [0.25, 0.3) is 5.89 Å². The second-order valence-electron chi connectivity index (χ2n) is 11.2. The van der Waals surface area contributed by atoms with Crippen LogP contribution in [-0.2, 0) is 14.3 Å². The molecule has 9 heteroatoms. The lowest BCUT2D eigenvalue weighted by Crippen LogP contribution is -2.28. The molecule has 0 amide bonds. The largest absolute Gasteiger partial charge is 0.460 e. The van der Waals surface area contributed by atoms with Crippen LogP contribution in [0.2, 0.25) is 0 Å². The Morgan fingerprint density at radius 1 is 1.25 bits per heavy atom. The van der Waals surface area contributed by atoms with Gasteiger partial charge in [-0.1, -0.05) is 25.6 Å². The molecule has 0 saturated heterocycles. The first-order chi connectivity index (χ1) is 18.8. The van der Waals surface area contributed by atoms with Crippen LogP contribution in [-0.4, -0.2) is 53.5 Å². The third kappa shape index (κ3) is 10.1. The van der Waals surface area contributed by atoms with Crippen LogP contribution in [0.4, 0.5) is 5.69 Å². The lowest BCUT2D eigenvalue weighted by Gasteiger charge is -2.37. The van der Waals surface area contributed by atoms with E-state index in [1.165, 1.54) is 11.3 Å². The van der Waals surface area contributed by atoms with Crippen LogP contribution in [0.1, 0.15) is 73.1 Å². The summed E-state index contributed by atoms with van der Waals surface area (Å²) in [6.07, 6.45) is 3.35. The van der Waals surface area contributed by atoms with Gasteiger partial charge in [0.05, 0.1) is 6.42 Å². The number of rotatable bonds is 9. The van der Waals surface area contributed by atoms with Crippen molar-refractivity contribution < 1.29 is 18.8 Å². The van der Waals surface area contributed by atoms with Crippen LogP contribution in [0, 0.1) is 5.41 Å². The van der Waals surface area contributed by atoms with Crippen LogP contribution in [0.25, 0.3) is 17.0 Å². The van der Waals surface area contributed by atoms with Gasteiger partial charge in [-0.15, -0.1) is 22.4 Å². The Morgan fingerprint density at radius 2 is 1.90 bits per heavy atom. The molecule has 0 bridgehead atoms. The zero-order valence-electron chi connectivity index (χ0n) is 25.4. The number of carbonyl (C=O) groups is 2. The fourth-order valence-corrected chi connectivity index (χ4v) is 4.66. The van der Waals surface area contributed by atoms with E-state index < -0.39 is 5.60 Å². The molecule has 1 aliphatic carbocycles. The number of benzene rings is 1. The SMILES string of the molecule is C=C.C=C(C1=C(N(C)CC)CC(C)(C)CC1)c1nc(-c2ccc(NCCC(=O)OC(C)(C)C)c(P)c2)no1.C=O. The predicted molar refractivity (Wildman–Crippen MR) is 168 cm³/mol. The fourth-order valence-electron chi connectivity index (χ4n) is 4.28. The Morgan fingerprint density at radius 3 is 2.48 bits per heavy atom. The molecule has 220 valence electrons. The van der Waals surface area contributed by atoms with E-state index in [1.807, 2.05) is 45.8 Å². The Bertz CT molecular complexity index is 1180. The van der Waals surface area contributed by atoms with Crippen molar-refractivity contribution in [3.63, 3.8) is 0 Å². The molecule has 1 heterocycles. The van der Waals surface area contributed by atoms with Gasteiger partial charge in [-0.2, -0.15) is 4.98 Å². The molecular weight excluding hydrogens is 523 g/mol. The molecule has 0 saturated carbocycles. The average molecular weight is 571 g/mol. The minimum atomic E-state index is -0.475. The lowest BCUT2D eigenvalue weighted by atomic mass is 9.75. The first-order valence-electron chi connectivity index (χ1n) is 13.4. The third-order valence-corrected chi connectivity index (χ3v) is 6.88. The second-order valence-corrected chi connectivity index (χ2v) is 11.9. The molecule has 0 aliphatic heterocycles. The van der Waals surface area contributed by atoms with Crippen molar-refractivity contribution in [2.45, 2.75) is 72.8 Å². The first kappa shape index (κ1) is 34.8. The molecule has 8 nitrogen and oxygen atoms in total. The van der Waals surface area contributed by atoms with E-state index in [-0.39, 0.29) is 11.4 Å². The minimum absolute atomic E-state index is 0.221. The van der Waals surface area contributed by atoms with Gasteiger partial charge >= 0.3 is 5.97 Å². The normalized spacial score (nSPS) is 14.2. The smallest absolute Gasteiger partial charge is 0.308 e. The number of carbonyl (C=O) groups excluding carboxylic acids is 2. The van der Waals surface area contributed by atoms with Crippen LogP contribution >= 0.6 is 9.24 Å². The second kappa shape index (κ2) is 15.5. The molecule has 1 aromatic heterocycles. The zero-order valence-corrected chi connectivity index (χ0v) is 26.5. The van der Waals surface area contributed by atoms with E-state index >= 15 is 0 Å². The average Bonchev–Trinajstić information content (AvgIpc) is 3.40. The lowest BCUT2D eigenvalue weighted by molar-refractivity contribution is -0.154. The maximum atomic E-state index is 11.9. The highest BCUT2D eigenvalue weighted by Gasteiger charge is 2.31. The number of aromatic nitrogens is 2. The van der Waals surface area contributed by atoms with Gasteiger partial charge in [-0.25, -0.2) is 0 Å². The van der Waals surface area contributed by atoms with Gasteiger partial charge in [0.1, 0.15) is 12.4 Å². The van der Waals surface area contributed by atoms with Crippen molar-refractivity contribution in [3.8, 4) is 11.4 Å². The molecular formula is C31H47N4O4P. The summed E-state index contributed by atoms with van der Waals surface area (Å²) >= 11 is 0. The fraction of sp³-hybridized carbons (Fsp3) is 0.484. The molecule has 3 rings (SSSR count). The summed E-state index contributed by atoms with van der Waals surface area (Å²) in [7, 11) is 4.85. The number of esters is 1. The maximum Gasteiger partial charge on any atom is 0.308 e. The third-order valence-electron chi connectivity index (χ3n) is 6.40. The number of allylic oxidation sites excluding steroid dienone is 3. The Kier molecular flexibility index (Phi) is 13.5. The van der Waals surface area contributed by atoms with Gasteiger partial charge in [-0.3, -0.25) is 4.79 Å². The number of anilines is 1. The Hall–Kier alpha value is -3.25. The molecule has 1 unspecified atom stereocenters. The number of nitrogens with one attached hydrogen (secondary N) is 1. The standard InChI is InChI=1S/C28H41N4O3P.C2H4.CH2O/c1-9-32(8)22-17-28(6,7)14-12-20(22)18(2)26-30-25(31-35-26)19-10-11-21(23(36)16-19)29-15-13-24(33)34-27(3,4)5;2*1-2/h10-11,16,29H,2,9,12-15,17,36H2,1,3-8H3;1-2H2;1H2. The molecule has 1 aliphatic rings. The summed E-state index contributed by atoms with van der Waals surface area (Å²) in [5, 5.41) is 8.48. The van der Waals surface area contributed by atoms with Gasteiger partial charge < -0.3 is 24.3 Å². The van der Waals surface area contributed by atoms with Crippen molar-refractivity contribution in [2.24, 2.45) is 5.41 Å². The summed E-state index contributed by atoms with van der Waals surface area (Å²) in [6.45, 7) is 26.2. The van der Waals surface area contributed by atoms with Crippen LogP contribution < -0.4 is 10.6 Å². The molecule has 2 aromatic rings. The van der Waals surface area contributed by atoms with Crippen molar-refractivity contribution in [1.29, 1.82) is 0 Å². The highest BCUT2D eigenvalue weighted by Crippen LogP contribution is 2.43. The van der Waals surface area contributed by atoms with Gasteiger partial charge in [0.15, 0.2) is 0 Å². The van der Waals surface area contributed by atoms with Crippen molar-refractivity contribution in [1.82, 2.24) is 15.0 Å². The summed E-state index contributed by atoms with van der Waals surface area (Å²) in [5.41, 5.74) is 4.90.